The maximum absolute atomic E-state index is 12.1. The normalized spacial score (nSPS) is 11.2. The van der Waals surface area contributed by atoms with Crippen LogP contribution in [0, 0.1) is 0 Å². The summed E-state index contributed by atoms with van der Waals surface area (Å²) >= 11 is 0. The number of carbonyl (C=O) groups excluding carboxylic acids is 3. The van der Waals surface area contributed by atoms with Gasteiger partial charge in [0, 0.05) is 12.5 Å². The molecule has 5 nitrogen and oxygen atoms in total. The first kappa shape index (κ1) is 16.7. The highest BCUT2D eigenvalue weighted by atomic mass is 16.5. The van der Waals surface area contributed by atoms with E-state index in [0.717, 1.165) is 0 Å². The summed E-state index contributed by atoms with van der Waals surface area (Å²) in [6, 6.07) is 6.68. The van der Waals surface area contributed by atoms with Gasteiger partial charge in [0.05, 0.1) is 5.68 Å². The van der Waals surface area contributed by atoms with E-state index in [2.05, 4.69) is 5.32 Å². The molecular formula is C15H16BNO4. The van der Waals surface area contributed by atoms with Crippen molar-refractivity contribution in [3.8, 4) is 5.75 Å². The van der Waals surface area contributed by atoms with Gasteiger partial charge in [0.1, 0.15) is 11.3 Å². The summed E-state index contributed by atoms with van der Waals surface area (Å²) in [7, 11) is 5.03. The van der Waals surface area contributed by atoms with Gasteiger partial charge in [-0.05, 0) is 32.1 Å². The molecule has 0 atom stereocenters. The summed E-state index contributed by atoms with van der Waals surface area (Å²) in [6.45, 7) is 4.40. The fraction of sp³-hybridized carbons (Fsp3) is 0.267. The van der Waals surface area contributed by atoms with Crippen LogP contribution in [-0.4, -0.2) is 30.9 Å². The van der Waals surface area contributed by atoms with Crippen molar-refractivity contribution in [2.45, 2.75) is 26.3 Å². The first-order chi connectivity index (χ1) is 9.72. The number of allylic oxidation sites excluding steroid dienone is 1. The van der Waals surface area contributed by atoms with Gasteiger partial charge >= 0.3 is 5.97 Å². The Morgan fingerprint density at radius 2 is 1.86 bits per heavy atom. The minimum Gasteiger partial charge on any atom is -0.424 e. The molecule has 0 aliphatic heterocycles. The van der Waals surface area contributed by atoms with E-state index in [9.17, 15) is 14.4 Å². The second-order valence-corrected chi connectivity index (χ2v) is 4.97. The van der Waals surface area contributed by atoms with Crippen LogP contribution in [0.4, 0.5) is 0 Å². The van der Waals surface area contributed by atoms with Gasteiger partial charge in [-0.15, -0.1) is 0 Å². The smallest absolute Gasteiger partial charge is 0.336 e. The van der Waals surface area contributed by atoms with Gasteiger partial charge in [-0.3, -0.25) is 4.79 Å². The molecule has 0 fully saturated rings. The Balaban J connectivity index is 2.95. The van der Waals surface area contributed by atoms with E-state index < -0.39 is 17.2 Å². The molecule has 1 rings (SSSR count). The van der Waals surface area contributed by atoms with Gasteiger partial charge in [0.2, 0.25) is 5.91 Å². The lowest BCUT2D eigenvalue weighted by Gasteiger charge is -2.23. The number of esters is 1. The fourth-order valence-electron chi connectivity index (χ4n) is 1.60. The molecule has 0 saturated carbocycles. The first-order valence-corrected chi connectivity index (χ1v) is 6.30. The van der Waals surface area contributed by atoms with Crippen molar-refractivity contribution in [2.75, 3.05) is 0 Å². The molecule has 1 N–H and O–H groups in total. The van der Waals surface area contributed by atoms with Crippen molar-refractivity contribution in [2.24, 2.45) is 0 Å². The number of para-hydroxylation sites is 1. The molecule has 0 aliphatic carbocycles. The Hall–Kier alpha value is -2.37. The summed E-state index contributed by atoms with van der Waals surface area (Å²) in [5.41, 5.74) is -1.23. The van der Waals surface area contributed by atoms with Crippen LogP contribution < -0.4 is 10.1 Å². The van der Waals surface area contributed by atoms with Crippen LogP contribution in [-0.2, 0) is 14.4 Å². The van der Waals surface area contributed by atoms with Crippen LogP contribution in [0.5, 0.6) is 5.75 Å². The molecule has 0 spiro atoms. The molecule has 0 bridgehead atoms. The Labute approximate surface area is 124 Å². The molecule has 1 aromatic carbocycles. The van der Waals surface area contributed by atoms with E-state index in [1.807, 2.05) is 0 Å². The highest BCUT2D eigenvalue weighted by Gasteiger charge is 2.30. The first-order valence-electron chi connectivity index (χ1n) is 6.30. The molecule has 2 radical (unpaired) electrons. The van der Waals surface area contributed by atoms with E-state index in [0.29, 0.717) is 5.56 Å². The van der Waals surface area contributed by atoms with Crippen LogP contribution in [0.15, 0.2) is 30.3 Å². The SMILES string of the molecule is [B]C(=O)/C=C\c1ccccc1OC(=O)C(C)(C)NC(C)=O. The zero-order chi connectivity index (χ0) is 16.0. The van der Waals surface area contributed by atoms with Gasteiger partial charge in [0.25, 0.3) is 0 Å². The lowest BCUT2D eigenvalue weighted by Crippen LogP contribution is -2.51. The number of hydrogen-bond donors (Lipinski definition) is 1. The number of amides is 1. The predicted octanol–water partition coefficient (Wildman–Crippen LogP) is 1.21. The highest BCUT2D eigenvalue weighted by molar-refractivity contribution is 6.61. The Kier molecular flexibility index (Phi) is 5.47. The molecule has 1 aromatic rings. The van der Waals surface area contributed by atoms with Crippen LogP contribution >= 0.6 is 0 Å². The second kappa shape index (κ2) is 6.88. The average molecular weight is 285 g/mol. The van der Waals surface area contributed by atoms with Gasteiger partial charge < -0.3 is 14.8 Å². The average Bonchev–Trinajstić information content (AvgIpc) is 2.36. The zero-order valence-corrected chi connectivity index (χ0v) is 12.2. The zero-order valence-electron chi connectivity index (χ0n) is 12.2. The van der Waals surface area contributed by atoms with E-state index in [1.165, 1.54) is 19.1 Å². The third-order valence-corrected chi connectivity index (χ3v) is 2.55. The van der Waals surface area contributed by atoms with Gasteiger partial charge in [-0.2, -0.15) is 0 Å². The van der Waals surface area contributed by atoms with Crippen molar-refractivity contribution in [3.05, 3.63) is 35.9 Å². The molecule has 1 amide bonds. The molecule has 6 heteroatoms. The maximum Gasteiger partial charge on any atom is 0.336 e. The van der Waals surface area contributed by atoms with E-state index >= 15 is 0 Å². The minimum absolute atomic E-state index is 0.276. The third kappa shape index (κ3) is 5.26. The molecule has 0 aromatic heterocycles. The monoisotopic (exact) mass is 285 g/mol. The summed E-state index contributed by atoms with van der Waals surface area (Å²) in [6.07, 6.45) is 2.63. The molecule has 21 heavy (non-hydrogen) atoms. The van der Waals surface area contributed by atoms with Crippen molar-refractivity contribution >= 4 is 31.5 Å². The summed E-state index contributed by atoms with van der Waals surface area (Å²) in [5.74, 6) is -0.671. The van der Waals surface area contributed by atoms with Crippen LogP contribution in [0.25, 0.3) is 6.08 Å². The number of hydrogen-bond acceptors (Lipinski definition) is 4. The molecular weight excluding hydrogens is 269 g/mol. The van der Waals surface area contributed by atoms with Gasteiger partial charge in [-0.1, -0.05) is 18.2 Å². The number of rotatable bonds is 5. The topological polar surface area (TPSA) is 72.5 Å². The quantitative estimate of drug-likeness (QED) is 0.382. The molecule has 0 aliphatic rings. The van der Waals surface area contributed by atoms with E-state index in [-0.39, 0.29) is 11.7 Å². The Morgan fingerprint density at radius 3 is 2.43 bits per heavy atom. The molecule has 108 valence electrons. The van der Waals surface area contributed by atoms with Crippen LogP contribution in [0.1, 0.15) is 26.3 Å². The molecule has 0 unspecified atom stereocenters. The number of ether oxygens (including phenoxy) is 1. The number of nitrogens with one attached hydrogen (secondary N) is 1. The van der Waals surface area contributed by atoms with Crippen molar-refractivity contribution in [1.82, 2.24) is 5.32 Å². The van der Waals surface area contributed by atoms with Crippen LogP contribution in [0.2, 0.25) is 0 Å². The maximum atomic E-state index is 12.1. The fourth-order valence-corrected chi connectivity index (χ4v) is 1.60. The second-order valence-electron chi connectivity index (χ2n) is 4.97. The summed E-state index contributed by atoms with van der Waals surface area (Å²) in [4.78, 5) is 34.0. The van der Waals surface area contributed by atoms with Crippen molar-refractivity contribution < 1.29 is 19.1 Å². The van der Waals surface area contributed by atoms with Gasteiger partial charge in [-0.25, -0.2) is 4.79 Å². The predicted molar refractivity (Wildman–Crippen MR) is 79.8 cm³/mol. The standard InChI is InChI=1S/C15H16BNO4/c1-10(18)17-15(2,3)14(20)21-12-7-5-4-6-11(12)8-9-13(16)19/h4-9H,1-3H3,(H,17,18)/b9-8-. The van der Waals surface area contributed by atoms with E-state index in [4.69, 9.17) is 12.6 Å². The van der Waals surface area contributed by atoms with Gasteiger partial charge in [0.15, 0.2) is 7.85 Å². The number of benzene rings is 1. The Bertz CT molecular complexity index is 593. The summed E-state index contributed by atoms with van der Waals surface area (Å²) < 4.78 is 5.29. The lowest BCUT2D eigenvalue weighted by molar-refractivity contribution is -0.143. The Morgan fingerprint density at radius 1 is 1.24 bits per heavy atom. The molecule has 0 heterocycles. The largest absolute Gasteiger partial charge is 0.424 e. The lowest BCUT2D eigenvalue weighted by atomic mass is 10.0. The van der Waals surface area contributed by atoms with E-state index in [1.54, 1.807) is 38.1 Å². The minimum atomic E-state index is -1.16. The van der Waals surface area contributed by atoms with Crippen molar-refractivity contribution in [3.63, 3.8) is 0 Å². The summed E-state index contributed by atoms with van der Waals surface area (Å²) in [5, 5.41) is 2.50. The number of carbonyl (C=O) groups is 3. The van der Waals surface area contributed by atoms with Crippen LogP contribution in [0.3, 0.4) is 0 Å². The highest BCUT2D eigenvalue weighted by Crippen LogP contribution is 2.21. The molecule has 0 saturated heterocycles. The third-order valence-electron chi connectivity index (χ3n) is 2.55. The van der Waals surface area contributed by atoms with Crippen molar-refractivity contribution in [1.29, 1.82) is 0 Å².